The predicted molar refractivity (Wildman–Crippen MR) is 439 cm³/mol. The summed E-state index contributed by atoms with van der Waals surface area (Å²) >= 11 is 0. The Hall–Kier alpha value is -14.3. The molecule has 492 valence electrons. The van der Waals surface area contributed by atoms with E-state index in [0.717, 1.165) is 199 Å². The van der Waals surface area contributed by atoms with Gasteiger partial charge >= 0.3 is 0 Å². The van der Waals surface area contributed by atoms with Gasteiger partial charge in [-0.3, -0.25) is 9.97 Å². The second-order valence-corrected chi connectivity index (χ2v) is 27.1. The first kappa shape index (κ1) is 61.5. The van der Waals surface area contributed by atoms with Crippen LogP contribution in [0.15, 0.2) is 364 Å². The third kappa shape index (κ3) is 11.7. The topological polar surface area (TPSA) is 103 Å². The normalized spacial score (nSPS) is 11.6. The Morgan fingerprint density at radius 3 is 0.764 bits per heavy atom. The summed E-state index contributed by atoms with van der Waals surface area (Å²) in [5.41, 5.74) is 27.0. The van der Waals surface area contributed by atoms with Gasteiger partial charge < -0.3 is 0 Å². The van der Waals surface area contributed by atoms with Gasteiger partial charge in [0.15, 0.2) is 0 Å². The molecule has 0 fully saturated rings. The van der Waals surface area contributed by atoms with E-state index in [0.29, 0.717) is 0 Å². The highest BCUT2D eigenvalue weighted by Gasteiger charge is 2.15. The van der Waals surface area contributed by atoms with E-state index >= 15 is 0 Å². The van der Waals surface area contributed by atoms with E-state index in [1.54, 1.807) is 0 Å². The number of benzene rings is 13. The molecule has 0 saturated heterocycles. The van der Waals surface area contributed by atoms with Crippen molar-refractivity contribution in [1.29, 1.82) is 0 Å². The Bertz CT molecular complexity index is 7100. The van der Waals surface area contributed by atoms with Crippen molar-refractivity contribution in [2.24, 2.45) is 0 Å². The summed E-state index contributed by atoms with van der Waals surface area (Å²) in [5, 5.41) is 13.5. The van der Waals surface area contributed by atoms with Crippen LogP contribution in [0.2, 0.25) is 0 Å². The number of rotatable bonds is 9. The molecule has 13 aromatic carbocycles. The molecule has 0 atom stereocenters. The molecule has 21 rings (SSSR count). The summed E-state index contributed by atoms with van der Waals surface area (Å²) in [4.78, 5) is 39.5. The average Bonchev–Trinajstić information content (AvgIpc) is 0.785. The van der Waals surface area contributed by atoms with Crippen molar-refractivity contribution < 1.29 is 0 Å². The lowest BCUT2D eigenvalue weighted by atomic mass is 9.99. The van der Waals surface area contributed by atoms with Crippen LogP contribution in [0.4, 0.5) is 0 Å². The summed E-state index contributed by atoms with van der Waals surface area (Å²) < 4.78 is 0. The van der Waals surface area contributed by atoms with Crippen LogP contribution >= 0.6 is 0 Å². The van der Waals surface area contributed by atoms with Crippen LogP contribution < -0.4 is 0 Å². The van der Waals surface area contributed by atoms with E-state index in [4.69, 9.17) is 29.9 Å². The maximum atomic E-state index is 5.09. The van der Waals surface area contributed by atoms with Crippen molar-refractivity contribution in [2.75, 3.05) is 0 Å². The molecule has 0 unspecified atom stereocenters. The molecular weight excluding hydrogens is 1290 g/mol. The Kier molecular flexibility index (Phi) is 15.0. The second kappa shape index (κ2) is 25.9. The van der Waals surface area contributed by atoms with Crippen molar-refractivity contribution in [3.63, 3.8) is 0 Å². The van der Waals surface area contributed by atoms with E-state index < -0.39 is 0 Å². The number of nitrogens with zero attached hydrogens (tertiary/aromatic N) is 8. The Morgan fingerprint density at radius 1 is 0.132 bits per heavy atom. The molecule has 0 aliphatic carbocycles. The van der Waals surface area contributed by atoms with Gasteiger partial charge in [0.05, 0.1) is 78.3 Å². The predicted octanol–water partition coefficient (Wildman–Crippen LogP) is 25.1. The van der Waals surface area contributed by atoms with Crippen molar-refractivity contribution in [3.05, 3.63) is 364 Å². The van der Waals surface area contributed by atoms with Crippen LogP contribution in [-0.2, 0) is 0 Å². The molecule has 0 spiro atoms. The third-order valence-electron chi connectivity index (χ3n) is 20.5. The van der Waals surface area contributed by atoms with Gasteiger partial charge in [0.25, 0.3) is 0 Å². The van der Waals surface area contributed by atoms with Gasteiger partial charge in [-0.2, -0.15) is 0 Å². The average molecular weight is 1350 g/mol. The molecule has 8 nitrogen and oxygen atoms in total. The minimum Gasteiger partial charge on any atom is -0.254 e. The van der Waals surface area contributed by atoms with Gasteiger partial charge in [-0.15, -0.1) is 0 Å². The van der Waals surface area contributed by atoms with E-state index in [1.807, 2.05) is 48.8 Å². The quantitative estimate of drug-likeness (QED) is 0.132. The smallest absolute Gasteiger partial charge is 0.0972 e. The molecule has 8 aromatic heterocycles. The molecule has 8 heteroatoms. The van der Waals surface area contributed by atoms with Crippen LogP contribution in [0.25, 0.3) is 210 Å². The van der Waals surface area contributed by atoms with Gasteiger partial charge in [0.1, 0.15) is 0 Å². The number of fused-ring (bicyclic) bond motifs is 12. The van der Waals surface area contributed by atoms with Crippen molar-refractivity contribution in [2.45, 2.75) is 0 Å². The van der Waals surface area contributed by atoms with Crippen molar-refractivity contribution in [1.82, 2.24) is 39.9 Å². The standard InChI is InChI=1S/C52H32N4.C46H28N4/c1-2-6-33(7-3-1)36-8-4-9-41(28-36)46-25-20-44-31-39(18-23-47(44)54-46)40-19-24-48-45(32-40)21-26-49(55-48)42-15-13-38-30-43(16-14-37(38)29-42)50-22-17-35-12-11-34-10-5-27-53-51(34)52(35)56-50;1-2-5-29(6-3-1)40-22-17-38-27-34(15-20-41(38)48-40)35-16-21-42-39(28-35)18-23-43(49-42)36-12-10-33-26-37(13-11-32(33)25-36)44-19-14-31-9-8-30-7-4-24-47-45(30)46(31)50-44/h1-32H;1-28H. The zero-order valence-corrected chi connectivity index (χ0v) is 57.2. The first-order valence-electron chi connectivity index (χ1n) is 35.6. The number of pyridine rings is 8. The fraction of sp³-hybridized carbons (Fsp3) is 0. The monoisotopic (exact) mass is 1350 g/mol. The summed E-state index contributed by atoms with van der Waals surface area (Å²) in [7, 11) is 0. The zero-order chi connectivity index (χ0) is 70.0. The molecule has 106 heavy (non-hydrogen) atoms. The van der Waals surface area contributed by atoms with Crippen molar-refractivity contribution >= 4 is 109 Å². The molecule has 0 radical (unpaired) electrons. The van der Waals surface area contributed by atoms with Gasteiger partial charge in [-0.05, 0) is 182 Å². The Labute approximate surface area is 610 Å². The lowest BCUT2D eigenvalue weighted by Gasteiger charge is -2.10. The molecular formula is C98H60N8. The molecule has 0 bridgehead atoms. The molecule has 0 saturated carbocycles. The number of hydrogen-bond donors (Lipinski definition) is 0. The summed E-state index contributed by atoms with van der Waals surface area (Å²) in [6.07, 6.45) is 3.66. The minimum atomic E-state index is 0.927. The van der Waals surface area contributed by atoms with Gasteiger partial charge in [-0.1, -0.05) is 224 Å². The Morgan fingerprint density at radius 2 is 0.387 bits per heavy atom. The van der Waals surface area contributed by atoms with Crippen LogP contribution in [0, 0.1) is 0 Å². The second-order valence-electron chi connectivity index (χ2n) is 27.1. The molecule has 8 heterocycles. The summed E-state index contributed by atoms with van der Waals surface area (Å²) in [5.74, 6) is 0. The maximum Gasteiger partial charge on any atom is 0.0972 e. The molecule has 21 aromatic rings. The Balaban J connectivity index is 0.000000141. The van der Waals surface area contributed by atoms with Crippen LogP contribution in [0.5, 0.6) is 0 Å². The van der Waals surface area contributed by atoms with Gasteiger partial charge in [0.2, 0.25) is 0 Å². The highest BCUT2D eigenvalue weighted by molar-refractivity contribution is 6.05. The number of hydrogen-bond acceptors (Lipinski definition) is 8. The SMILES string of the molecule is c1ccc(-c2ccc3cc(-c4ccc5nc(-c6ccc7cc(-c8ccc9ccc%10cccnc%10c9n8)ccc7c6)ccc5c4)ccc3n2)cc1.c1ccc(-c2cccc(-c3ccc4cc(-c5ccc6nc(-c7ccc8cc(-c9ccc%10ccc%11cccnc%11c%10n9)ccc8c7)ccc6c5)ccc4n3)c2)cc1. The fourth-order valence-corrected chi connectivity index (χ4v) is 14.9. The van der Waals surface area contributed by atoms with E-state index in [2.05, 4.69) is 325 Å². The molecule has 0 N–H and O–H groups in total. The van der Waals surface area contributed by atoms with Crippen LogP contribution in [0.1, 0.15) is 0 Å². The van der Waals surface area contributed by atoms with Crippen LogP contribution in [-0.4, -0.2) is 39.9 Å². The first-order chi connectivity index (χ1) is 52.4. The van der Waals surface area contributed by atoms with Crippen LogP contribution in [0.3, 0.4) is 0 Å². The maximum absolute atomic E-state index is 5.09. The molecule has 0 amide bonds. The minimum absolute atomic E-state index is 0.927. The van der Waals surface area contributed by atoms with Gasteiger partial charge in [-0.25, -0.2) is 29.9 Å². The van der Waals surface area contributed by atoms with E-state index in [-0.39, 0.29) is 0 Å². The largest absolute Gasteiger partial charge is 0.254 e. The highest BCUT2D eigenvalue weighted by atomic mass is 14.8. The number of aromatic nitrogens is 8. The molecule has 0 aliphatic rings. The highest BCUT2D eigenvalue weighted by Crippen LogP contribution is 2.37. The first-order valence-corrected chi connectivity index (χ1v) is 35.6. The summed E-state index contributed by atoms with van der Waals surface area (Å²) in [6.45, 7) is 0. The molecule has 0 aliphatic heterocycles. The van der Waals surface area contributed by atoms with E-state index in [9.17, 15) is 0 Å². The zero-order valence-electron chi connectivity index (χ0n) is 57.2. The third-order valence-corrected chi connectivity index (χ3v) is 20.5. The fourth-order valence-electron chi connectivity index (χ4n) is 14.9. The lowest BCUT2D eigenvalue weighted by Crippen LogP contribution is -1.89. The summed E-state index contributed by atoms with van der Waals surface area (Å²) in [6, 6.07) is 124. The lowest BCUT2D eigenvalue weighted by molar-refractivity contribution is 1.37. The van der Waals surface area contributed by atoms with Crippen molar-refractivity contribution in [3.8, 4) is 101 Å². The van der Waals surface area contributed by atoms with Gasteiger partial charge in [0, 0.05) is 88.9 Å². The van der Waals surface area contributed by atoms with E-state index in [1.165, 1.54) is 11.1 Å².